The van der Waals surface area contributed by atoms with Crippen LogP contribution in [0.3, 0.4) is 0 Å². The SMILES string of the molecule is O=[N+]([O-])c1cn[nH]c1-c1ccc(F)cc1Cl. The molecule has 0 bridgehead atoms. The molecule has 82 valence electrons. The van der Waals surface area contributed by atoms with Crippen LogP contribution in [-0.2, 0) is 0 Å². The first-order valence-corrected chi connectivity index (χ1v) is 4.60. The lowest BCUT2D eigenvalue weighted by atomic mass is 10.1. The molecule has 0 aliphatic carbocycles. The van der Waals surface area contributed by atoms with Crippen LogP contribution in [0.1, 0.15) is 0 Å². The van der Waals surface area contributed by atoms with Crippen molar-refractivity contribution in [1.29, 1.82) is 0 Å². The predicted molar refractivity (Wildman–Crippen MR) is 55.6 cm³/mol. The maximum Gasteiger partial charge on any atom is 0.314 e. The van der Waals surface area contributed by atoms with Crippen LogP contribution in [0.15, 0.2) is 24.4 Å². The van der Waals surface area contributed by atoms with E-state index in [9.17, 15) is 14.5 Å². The zero-order valence-electron chi connectivity index (χ0n) is 7.78. The Morgan fingerprint density at radius 3 is 2.88 bits per heavy atom. The normalized spacial score (nSPS) is 10.4. The number of nitrogens with zero attached hydrogens (tertiary/aromatic N) is 2. The lowest BCUT2D eigenvalue weighted by molar-refractivity contribution is -0.384. The molecule has 0 aliphatic heterocycles. The molecule has 0 amide bonds. The summed E-state index contributed by atoms with van der Waals surface area (Å²) in [7, 11) is 0. The van der Waals surface area contributed by atoms with Gasteiger partial charge >= 0.3 is 5.69 Å². The summed E-state index contributed by atoms with van der Waals surface area (Å²) >= 11 is 5.79. The average molecular weight is 242 g/mol. The molecule has 0 atom stereocenters. The Morgan fingerprint density at radius 2 is 2.25 bits per heavy atom. The van der Waals surface area contributed by atoms with Gasteiger partial charge in [-0.05, 0) is 18.2 Å². The predicted octanol–water partition coefficient (Wildman–Crippen LogP) is 2.78. The van der Waals surface area contributed by atoms with Gasteiger partial charge in [-0.3, -0.25) is 15.2 Å². The molecule has 1 aromatic carbocycles. The van der Waals surface area contributed by atoms with Crippen molar-refractivity contribution in [2.24, 2.45) is 0 Å². The van der Waals surface area contributed by atoms with Gasteiger partial charge in [-0.25, -0.2) is 4.39 Å². The minimum atomic E-state index is -0.585. The first kappa shape index (κ1) is 10.6. The zero-order valence-corrected chi connectivity index (χ0v) is 8.53. The van der Waals surface area contributed by atoms with Gasteiger partial charge in [-0.2, -0.15) is 5.10 Å². The largest absolute Gasteiger partial charge is 0.314 e. The van der Waals surface area contributed by atoms with Gasteiger partial charge < -0.3 is 0 Å². The molecule has 7 heteroatoms. The minimum absolute atomic E-state index is 0.0901. The Kier molecular flexibility index (Phi) is 2.57. The number of benzene rings is 1. The van der Waals surface area contributed by atoms with E-state index >= 15 is 0 Å². The third kappa shape index (κ3) is 1.74. The smallest absolute Gasteiger partial charge is 0.271 e. The molecule has 1 N–H and O–H groups in total. The first-order chi connectivity index (χ1) is 7.59. The van der Waals surface area contributed by atoms with Crippen LogP contribution in [0, 0.1) is 15.9 Å². The van der Waals surface area contributed by atoms with Crippen molar-refractivity contribution < 1.29 is 9.31 Å². The van der Waals surface area contributed by atoms with E-state index in [0.29, 0.717) is 5.56 Å². The molecular weight excluding hydrogens is 237 g/mol. The molecule has 0 radical (unpaired) electrons. The van der Waals surface area contributed by atoms with Crippen LogP contribution < -0.4 is 0 Å². The van der Waals surface area contributed by atoms with Gasteiger partial charge in [0.2, 0.25) is 0 Å². The van der Waals surface area contributed by atoms with Gasteiger partial charge in [-0.15, -0.1) is 0 Å². The number of nitro groups is 1. The highest BCUT2D eigenvalue weighted by atomic mass is 35.5. The van der Waals surface area contributed by atoms with Gasteiger partial charge in [0.15, 0.2) is 0 Å². The van der Waals surface area contributed by atoms with Gasteiger partial charge in [0, 0.05) is 5.56 Å². The molecule has 0 aliphatic rings. The van der Waals surface area contributed by atoms with E-state index in [1.54, 1.807) is 0 Å². The minimum Gasteiger partial charge on any atom is -0.271 e. The van der Waals surface area contributed by atoms with Crippen LogP contribution in [-0.4, -0.2) is 15.1 Å². The number of hydrogen-bond donors (Lipinski definition) is 1. The van der Waals surface area contributed by atoms with Crippen LogP contribution in [0.25, 0.3) is 11.3 Å². The average Bonchev–Trinajstić information content (AvgIpc) is 2.66. The molecule has 0 fully saturated rings. The highest BCUT2D eigenvalue weighted by Crippen LogP contribution is 2.32. The fraction of sp³-hybridized carbons (Fsp3) is 0. The van der Waals surface area contributed by atoms with E-state index in [-0.39, 0.29) is 16.4 Å². The summed E-state index contributed by atoms with van der Waals surface area (Å²) in [6.45, 7) is 0. The Morgan fingerprint density at radius 1 is 1.50 bits per heavy atom. The van der Waals surface area contributed by atoms with Crippen LogP contribution >= 0.6 is 11.6 Å². The van der Waals surface area contributed by atoms with Crippen molar-refractivity contribution in [2.45, 2.75) is 0 Å². The van der Waals surface area contributed by atoms with Crippen molar-refractivity contribution in [3.05, 3.63) is 45.4 Å². The second-order valence-electron chi connectivity index (χ2n) is 3.01. The maximum absolute atomic E-state index is 12.8. The zero-order chi connectivity index (χ0) is 11.7. The van der Waals surface area contributed by atoms with Crippen LogP contribution in [0.2, 0.25) is 5.02 Å². The number of rotatable bonds is 2. The lowest BCUT2D eigenvalue weighted by Crippen LogP contribution is -1.90. The summed E-state index contributed by atoms with van der Waals surface area (Å²) in [4.78, 5) is 10.1. The van der Waals surface area contributed by atoms with Gasteiger partial charge in [-0.1, -0.05) is 11.6 Å². The Bertz CT molecular complexity index is 555. The molecular formula is C9H5ClFN3O2. The number of nitrogens with one attached hydrogen (secondary N) is 1. The maximum atomic E-state index is 12.8. The summed E-state index contributed by atoms with van der Waals surface area (Å²) < 4.78 is 12.8. The van der Waals surface area contributed by atoms with Crippen molar-refractivity contribution in [3.8, 4) is 11.3 Å². The van der Waals surface area contributed by atoms with E-state index in [4.69, 9.17) is 11.6 Å². The van der Waals surface area contributed by atoms with Crippen molar-refractivity contribution in [3.63, 3.8) is 0 Å². The van der Waals surface area contributed by atoms with E-state index in [1.807, 2.05) is 0 Å². The number of halogens is 2. The Balaban J connectivity index is 2.59. The van der Waals surface area contributed by atoms with E-state index in [0.717, 1.165) is 12.3 Å². The van der Waals surface area contributed by atoms with Gasteiger partial charge in [0.25, 0.3) is 0 Å². The van der Waals surface area contributed by atoms with E-state index in [2.05, 4.69) is 10.2 Å². The molecule has 0 spiro atoms. The van der Waals surface area contributed by atoms with Crippen molar-refractivity contribution >= 4 is 17.3 Å². The van der Waals surface area contributed by atoms with Crippen molar-refractivity contribution in [2.75, 3.05) is 0 Å². The fourth-order valence-electron chi connectivity index (χ4n) is 1.31. The highest BCUT2D eigenvalue weighted by molar-refractivity contribution is 6.33. The van der Waals surface area contributed by atoms with Crippen molar-refractivity contribution in [1.82, 2.24) is 10.2 Å². The number of H-pyrrole nitrogens is 1. The monoisotopic (exact) mass is 241 g/mol. The summed E-state index contributed by atoms with van der Waals surface area (Å²) in [6, 6.07) is 3.62. The second kappa shape index (κ2) is 3.90. The molecule has 16 heavy (non-hydrogen) atoms. The molecule has 2 aromatic rings. The number of aromatic nitrogens is 2. The standard InChI is InChI=1S/C9H5ClFN3O2/c10-7-3-5(11)1-2-6(7)9-8(14(15)16)4-12-13-9/h1-4H,(H,12,13). The third-order valence-electron chi connectivity index (χ3n) is 2.02. The van der Waals surface area contributed by atoms with Crippen LogP contribution in [0.5, 0.6) is 0 Å². The quantitative estimate of drug-likeness (QED) is 0.649. The summed E-state index contributed by atoms with van der Waals surface area (Å²) in [5.41, 5.74) is 0.302. The molecule has 0 saturated heterocycles. The molecule has 1 aromatic heterocycles. The lowest BCUT2D eigenvalue weighted by Gasteiger charge is -2.00. The Labute approximate surface area is 94.0 Å². The molecule has 2 rings (SSSR count). The first-order valence-electron chi connectivity index (χ1n) is 4.23. The topological polar surface area (TPSA) is 71.8 Å². The Hall–Kier alpha value is -1.95. The molecule has 1 heterocycles. The number of hydrogen-bond acceptors (Lipinski definition) is 3. The third-order valence-corrected chi connectivity index (χ3v) is 2.33. The van der Waals surface area contributed by atoms with Crippen LogP contribution in [0.4, 0.5) is 10.1 Å². The fourth-order valence-corrected chi connectivity index (χ4v) is 1.57. The molecule has 0 saturated carbocycles. The molecule has 0 unspecified atom stereocenters. The highest BCUT2D eigenvalue weighted by Gasteiger charge is 2.19. The van der Waals surface area contributed by atoms with E-state index in [1.165, 1.54) is 12.1 Å². The second-order valence-corrected chi connectivity index (χ2v) is 3.42. The van der Waals surface area contributed by atoms with Gasteiger partial charge in [0.1, 0.15) is 17.7 Å². The number of aromatic amines is 1. The summed E-state index contributed by atoms with van der Waals surface area (Å²) in [6.07, 6.45) is 1.08. The summed E-state index contributed by atoms with van der Waals surface area (Å²) in [5.74, 6) is -0.504. The van der Waals surface area contributed by atoms with Gasteiger partial charge in [0.05, 0.1) is 9.95 Å². The van der Waals surface area contributed by atoms with E-state index < -0.39 is 10.7 Å². The summed E-state index contributed by atoms with van der Waals surface area (Å²) in [5, 5.41) is 16.8. The molecule has 5 nitrogen and oxygen atoms in total.